The lowest BCUT2D eigenvalue weighted by atomic mass is 10.1. The molecule has 1 aromatic heterocycles. The molecule has 2 aliphatic rings. The van der Waals surface area contributed by atoms with Crippen LogP contribution in [0.25, 0.3) is 0 Å². The molecule has 2 unspecified atom stereocenters. The third-order valence-corrected chi connectivity index (χ3v) is 3.81. The average Bonchev–Trinajstić information content (AvgIpc) is 2.79. The van der Waals surface area contributed by atoms with Gasteiger partial charge in [-0.2, -0.15) is 0 Å². The van der Waals surface area contributed by atoms with Crippen molar-refractivity contribution in [3.63, 3.8) is 0 Å². The number of pyridine rings is 1. The van der Waals surface area contributed by atoms with Crippen LogP contribution in [0.2, 0.25) is 0 Å². The second-order valence-corrected chi connectivity index (χ2v) is 4.93. The number of rotatable bonds is 4. The molecule has 2 N–H and O–H groups in total. The van der Waals surface area contributed by atoms with E-state index in [0.717, 1.165) is 19.5 Å². The Bertz CT molecular complexity index is 396. The van der Waals surface area contributed by atoms with Gasteiger partial charge in [-0.05, 0) is 36.0 Å². The van der Waals surface area contributed by atoms with Gasteiger partial charge in [-0.25, -0.2) is 0 Å². The second kappa shape index (κ2) is 4.45. The summed E-state index contributed by atoms with van der Waals surface area (Å²) in [4.78, 5) is 15.7. The number of fused-ring (bicyclic) bond motifs is 1. The van der Waals surface area contributed by atoms with Crippen molar-refractivity contribution in [1.29, 1.82) is 0 Å². The Hall–Kier alpha value is -1.42. The first-order valence-electron chi connectivity index (χ1n) is 6.23. The highest BCUT2D eigenvalue weighted by Gasteiger charge is 2.53. The molecule has 2 fully saturated rings. The number of nitrogens with zero attached hydrogens (tertiary/aromatic N) is 1. The first-order chi connectivity index (χ1) is 8.34. The summed E-state index contributed by atoms with van der Waals surface area (Å²) >= 11 is 0. The smallest absolute Gasteiger partial charge is 0.220 e. The third-order valence-electron chi connectivity index (χ3n) is 3.81. The van der Waals surface area contributed by atoms with Crippen LogP contribution >= 0.6 is 0 Å². The van der Waals surface area contributed by atoms with Crippen molar-refractivity contribution >= 4 is 5.91 Å². The summed E-state index contributed by atoms with van der Waals surface area (Å²) in [5, 5.41) is 6.46. The molecule has 0 radical (unpaired) electrons. The molecule has 1 aromatic rings. The Morgan fingerprint density at radius 1 is 1.35 bits per heavy atom. The molecular formula is C13H17N3O. The Balaban J connectivity index is 1.42. The molecule has 1 aliphatic carbocycles. The lowest BCUT2D eigenvalue weighted by molar-refractivity contribution is -0.121. The summed E-state index contributed by atoms with van der Waals surface area (Å²) in [7, 11) is 0. The second-order valence-electron chi connectivity index (χ2n) is 4.93. The molecule has 17 heavy (non-hydrogen) atoms. The van der Waals surface area contributed by atoms with E-state index in [0.29, 0.717) is 24.3 Å². The Kier molecular flexibility index (Phi) is 2.81. The number of hydrogen-bond donors (Lipinski definition) is 2. The fourth-order valence-corrected chi connectivity index (χ4v) is 2.70. The third kappa shape index (κ3) is 2.31. The van der Waals surface area contributed by atoms with Gasteiger partial charge in [-0.15, -0.1) is 0 Å². The van der Waals surface area contributed by atoms with Crippen molar-refractivity contribution in [2.45, 2.75) is 18.9 Å². The number of aromatic nitrogens is 1. The standard InChI is InChI=1S/C13H17N3O/c17-12(2-1-9-3-5-14-6-4-9)16-13-10-7-15-8-11(10)13/h3-6,10-11,13,15H,1-2,7-8H2,(H,16,17). The van der Waals surface area contributed by atoms with Crippen LogP contribution in [-0.2, 0) is 11.2 Å². The monoisotopic (exact) mass is 231 g/mol. The van der Waals surface area contributed by atoms with Crippen LogP contribution in [0.4, 0.5) is 0 Å². The van der Waals surface area contributed by atoms with Gasteiger partial charge in [0.1, 0.15) is 0 Å². The largest absolute Gasteiger partial charge is 0.353 e. The molecule has 90 valence electrons. The molecule has 4 nitrogen and oxygen atoms in total. The zero-order valence-electron chi connectivity index (χ0n) is 9.73. The quantitative estimate of drug-likeness (QED) is 0.786. The normalized spacial score (nSPS) is 29.8. The van der Waals surface area contributed by atoms with Gasteiger partial charge >= 0.3 is 0 Å². The Labute approximate surface area is 101 Å². The van der Waals surface area contributed by atoms with E-state index in [9.17, 15) is 4.79 Å². The van der Waals surface area contributed by atoms with E-state index in [1.54, 1.807) is 12.4 Å². The van der Waals surface area contributed by atoms with Crippen molar-refractivity contribution in [2.75, 3.05) is 13.1 Å². The number of carbonyl (C=O) groups excluding carboxylic acids is 1. The molecule has 2 atom stereocenters. The van der Waals surface area contributed by atoms with E-state index in [1.165, 1.54) is 5.56 Å². The molecule has 0 spiro atoms. The molecule has 1 amide bonds. The molecule has 0 bridgehead atoms. The molecule has 4 heteroatoms. The van der Waals surface area contributed by atoms with E-state index in [2.05, 4.69) is 15.6 Å². The molecule has 0 aromatic carbocycles. The lowest BCUT2D eigenvalue weighted by Crippen LogP contribution is -2.32. The van der Waals surface area contributed by atoms with Gasteiger partial charge in [0.05, 0.1) is 0 Å². The number of amides is 1. The maximum Gasteiger partial charge on any atom is 0.220 e. The van der Waals surface area contributed by atoms with Gasteiger partial charge in [0.25, 0.3) is 0 Å². The van der Waals surface area contributed by atoms with Crippen LogP contribution in [0.15, 0.2) is 24.5 Å². The molecule has 1 saturated carbocycles. The van der Waals surface area contributed by atoms with E-state index in [4.69, 9.17) is 0 Å². The maximum absolute atomic E-state index is 11.8. The van der Waals surface area contributed by atoms with Crippen molar-refractivity contribution < 1.29 is 4.79 Å². The highest BCUT2D eigenvalue weighted by molar-refractivity contribution is 5.77. The Morgan fingerprint density at radius 2 is 2.06 bits per heavy atom. The molecule has 1 aliphatic heterocycles. The van der Waals surface area contributed by atoms with E-state index in [-0.39, 0.29) is 5.91 Å². The highest BCUT2D eigenvalue weighted by atomic mass is 16.1. The Morgan fingerprint density at radius 3 is 2.76 bits per heavy atom. The van der Waals surface area contributed by atoms with Crippen LogP contribution in [0.3, 0.4) is 0 Å². The minimum Gasteiger partial charge on any atom is -0.353 e. The van der Waals surface area contributed by atoms with E-state index in [1.807, 2.05) is 12.1 Å². The van der Waals surface area contributed by atoms with Gasteiger partial charge in [-0.1, -0.05) is 0 Å². The first kappa shape index (κ1) is 10.7. The van der Waals surface area contributed by atoms with Crippen LogP contribution in [0, 0.1) is 11.8 Å². The summed E-state index contributed by atoms with van der Waals surface area (Å²) in [5.41, 5.74) is 1.17. The highest BCUT2D eigenvalue weighted by Crippen LogP contribution is 2.41. The number of piperidine rings is 1. The summed E-state index contributed by atoms with van der Waals surface area (Å²) < 4.78 is 0. The van der Waals surface area contributed by atoms with Crippen molar-refractivity contribution in [1.82, 2.24) is 15.6 Å². The number of nitrogens with one attached hydrogen (secondary N) is 2. The number of aryl methyl sites for hydroxylation is 1. The van der Waals surface area contributed by atoms with E-state index >= 15 is 0 Å². The topological polar surface area (TPSA) is 54.0 Å². The zero-order valence-corrected chi connectivity index (χ0v) is 9.73. The molecule has 1 saturated heterocycles. The van der Waals surface area contributed by atoms with Gasteiger partial charge in [0.2, 0.25) is 5.91 Å². The average molecular weight is 231 g/mol. The first-order valence-corrected chi connectivity index (χ1v) is 6.23. The molecule has 3 rings (SSSR count). The van der Waals surface area contributed by atoms with Gasteiger partial charge < -0.3 is 10.6 Å². The fraction of sp³-hybridized carbons (Fsp3) is 0.538. The molecular weight excluding hydrogens is 214 g/mol. The minimum absolute atomic E-state index is 0.182. The SMILES string of the molecule is O=C(CCc1ccncc1)NC1C2CNCC21. The number of hydrogen-bond acceptors (Lipinski definition) is 3. The van der Waals surface area contributed by atoms with Crippen LogP contribution in [-0.4, -0.2) is 30.0 Å². The van der Waals surface area contributed by atoms with E-state index < -0.39 is 0 Å². The summed E-state index contributed by atoms with van der Waals surface area (Å²) in [6.45, 7) is 2.14. The van der Waals surface area contributed by atoms with Gasteiger partial charge in [-0.3, -0.25) is 9.78 Å². The summed E-state index contributed by atoms with van der Waals surface area (Å²) in [6, 6.07) is 4.37. The lowest BCUT2D eigenvalue weighted by Gasteiger charge is -2.07. The maximum atomic E-state index is 11.8. The van der Waals surface area contributed by atoms with Crippen molar-refractivity contribution in [2.24, 2.45) is 11.8 Å². The number of carbonyl (C=O) groups is 1. The predicted molar refractivity (Wildman–Crippen MR) is 64.3 cm³/mol. The predicted octanol–water partition coefficient (Wildman–Crippen LogP) is 0.348. The molecule has 2 heterocycles. The zero-order chi connectivity index (χ0) is 11.7. The summed E-state index contributed by atoms with van der Waals surface area (Å²) in [5.74, 6) is 1.57. The minimum atomic E-state index is 0.182. The summed E-state index contributed by atoms with van der Waals surface area (Å²) in [6.07, 6.45) is 4.91. The fourth-order valence-electron chi connectivity index (χ4n) is 2.70. The van der Waals surface area contributed by atoms with Gasteiger partial charge in [0, 0.05) is 37.9 Å². The van der Waals surface area contributed by atoms with Crippen molar-refractivity contribution in [3.8, 4) is 0 Å². The van der Waals surface area contributed by atoms with Gasteiger partial charge in [0.15, 0.2) is 0 Å². The van der Waals surface area contributed by atoms with Crippen molar-refractivity contribution in [3.05, 3.63) is 30.1 Å². The van der Waals surface area contributed by atoms with Crippen LogP contribution < -0.4 is 10.6 Å². The van der Waals surface area contributed by atoms with Crippen LogP contribution in [0.5, 0.6) is 0 Å². The van der Waals surface area contributed by atoms with Crippen LogP contribution in [0.1, 0.15) is 12.0 Å².